The van der Waals surface area contributed by atoms with Crippen molar-refractivity contribution in [3.63, 3.8) is 0 Å². The Bertz CT molecular complexity index is 481. The highest BCUT2D eigenvalue weighted by Crippen LogP contribution is 2.21. The Morgan fingerprint density at radius 2 is 2.39 bits per heavy atom. The van der Waals surface area contributed by atoms with E-state index in [2.05, 4.69) is 11.0 Å². The molecular weight excluding hydrogens is 248 g/mol. The van der Waals surface area contributed by atoms with Crippen molar-refractivity contribution in [1.29, 1.82) is 5.26 Å². The fourth-order valence-corrected chi connectivity index (χ4v) is 2.62. The number of hydrogen-bond acceptors (Lipinski definition) is 3. The highest BCUT2D eigenvalue weighted by Gasteiger charge is 2.29. The summed E-state index contributed by atoms with van der Waals surface area (Å²) >= 11 is 5.63. The summed E-state index contributed by atoms with van der Waals surface area (Å²) in [5.74, 6) is 0.185. The molecule has 1 atom stereocenters. The highest BCUT2D eigenvalue weighted by molar-refractivity contribution is 6.28. The third-order valence-corrected chi connectivity index (χ3v) is 3.57. The Morgan fingerprint density at radius 1 is 1.56 bits per heavy atom. The zero-order valence-corrected chi connectivity index (χ0v) is 10.9. The average Bonchev–Trinajstić information content (AvgIpc) is 2.86. The van der Waals surface area contributed by atoms with E-state index in [1.807, 2.05) is 18.2 Å². The molecule has 1 heterocycles. The second-order valence-corrected chi connectivity index (χ2v) is 4.81. The number of carbonyl (C=O) groups excluding carboxylic acids is 1. The summed E-state index contributed by atoms with van der Waals surface area (Å²) in [4.78, 5) is 13.9. The molecule has 0 saturated carbocycles. The van der Waals surface area contributed by atoms with Crippen LogP contribution in [-0.2, 0) is 11.3 Å². The zero-order chi connectivity index (χ0) is 13.0. The molecule has 0 spiro atoms. The van der Waals surface area contributed by atoms with Crippen molar-refractivity contribution in [2.24, 2.45) is 0 Å². The predicted molar refractivity (Wildman–Crippen MR) is 70.3 cm³/mol. The van der Waals surface area contributed by atoms with Gasteiger partial charge in [-0.25, -0.2) is 0 Å². The van der Waals surface area contributed by atoms with E-state index in [-0.39, 0.29) is 17.7 Å². The molecule has 1 aromatic rings. The van der Waals surface area contributed by atoms with Crippen molar-refractivity contribution in [1.82, 2.24) is 4.90 Å². The standard InChI is InChI=1S/C14H15ClN2O/c15-8-14(18)13-5-2-6-17(13)10-12-4-1-3-11(7-12)9-16/h1,3-4,7,13H,2,5-6,8,10H2/t13-/m1/s1. The van der Waals surface area contributed by atoms with Gasteiger partial charge in [0.05, 0.1) is 23.6 Å². The summed E-state index contributed by atoms with van der Waals surface area (Å²) in [6.45, 7) is 1.63. The van der Waals surface area contributed by atoms with Gasteiger partial charge < -0.3 is 0 Å². The second kappa shape index (κ2) is 5.99. The van der Waals surface area contributed by atoms with E-state index in [1.165, 1.54) is 0 Å². The monoisotopic (exact) mass is 262 g/mol. The lowest BCUT2D eigenvalue weighted by Gasteiger charge is -2.22. The van der Waals surface area contributed by atoms with Crippen molar-refractivity contribution in [3.05, 3.63) is 35.4 Å². The zero-order valence-electron chi connectivity index (χ0n) is 10.1. The molecule has 18 heavy (non-hydrogen) atoms. The Kier molecular flexibility index (Phi) is 4.35. The van der Waals surface area contributed by atoms with Crippen molar-refractivity contribution in [2.75, 3.05) is 12.4 Å². The number of carbonyl (C=O) groups is 1. The molecule has 1 aliphatic rings. The van der Waals surface area contributed by atoms with Gasteiger partial charge in [-0.3, -0.25) is 9.69 Å². The van der Waals surface area contributed by atoms with Crippen LogP contribution in [0.25, 0.3) is 0 Å². The van der Waals surface area contributed by atoms with Gasteiger partial charge in [0.25, 0.3) is 0 Å². The van der Waals surface area contributed by atoms with Crippen molar-refractivity contribution in [3.8, 4) is 6.07 Å². The fourth-order valence-electron chi connectivity index (χ4n) is 2.44. The number of nitriles is 1. The topological polar surface area (TPSA) is 44.1 Å². The van der Waals surface area contributed by atoms with Gasteiger partial charge in [-0.15, -0.1) is 11.6 Å². The number of hydrogen-bond donors (Lipinski definition) is 0. The summed E-state index contributed by atoms with van der Waals surface area (Å²) < 4.78 is 0. The van der Waals surface area contributed by atoms with Crippen LogP contribution in [0.3, 0.4) is 0 Å². The third-order valence-electron chi connectivity index (χ3n) is 3.31. The fraction of sp³-hybridized carbons (Fsp3) is 0.429. The van der Waals surface area contributed by atoms with Crippen LogP contribution >= 0.6 is 11.6 Å². The molecule has 0 aromatic heterocycles. The minimum atomic E-state index is -0.0479. The van der Waals surface area contributed by atoms with Gasteiger partial charge in [-0.2, -0.15) is 5.26 Å². The first-order valence-corrected chi connectivity index (χ1v) is 6.60. The van der Waals surface area contributed by atoms with E-state index in [9.17, 15) is 4.79 Å². The number of ketones is 1. The van der Waals surface area contributed by atoms with Crippen LogP contribution in [0.2, 0.25) is 0 Å². The number of Topliss-reactive ketones (excluding diaryl/α,β-unsaturated/α-hetero) is 1. The Balaban J connectivity index is 2.08. The van der Waals surface area contributed by atoms with Gasteiger partial charge in [-0.05, 0) is 37.1 Å². The number of nitrogens with zero attached hydrogens (tertiary/aromatic N) is 2. The normalized spacial score (nSPS) is 19.7. The van der Waals surface area contributed by atoms with E-state index >= 15 is 0 Å². The van der Waals surface area contributed by atoms with Gasteiger partial charge in [0.15, 0.2) is 5.78 Å². The minimum Gasteiger partial charge on any atom is -0.297 e. The molecule has 0 unspecified atom stereocenters. The Morgan fingerprint density at radius 3 is 3.11 bits per heavy atom. The molecule has 0 bridgehead atoms. The SMILES string of the molecule is N#Cc1cccc(CN2CCC[C@@H]2C(=O)CCl)c1. The first-order chi connectivity index (χ1) is 8.74. The molecule has 0 radical (unpaired) electrons. The van der Waals surface area contributed by atoms with E-state index in [0.29, 0.717) is 12.1 Å². The van der Waals surface area contributed by atoms with Gasteiger partial charge in [0.1, 0.15) is 0 Å². The van der Waals surface area contributed by atoms with Gasteiger partial charge in [-0.1, -0.05) is 12.1 Å². The summed E-state index contributed by atoms with van der Waals surface area (Å²) in [7, 11) is 0. The van der Waals surface area contributed by atoms with E-state index < -0.39 is 0 Å². The molecule has 1 saturated heterocycles. The lowest BCUT2D eigenvalue weighted by Crippen LogP contribution is -2.36. The third kappa shape index (κ3) is 2.90. The van der Waals surface area contributed by atoms with Crippen LogP contribution in [0.4, 0.5) is 0 Å². The van der Waals surface area contributed by atoms with Gasteiger partial charge >= 0.3 is 0 Å². The van der Waals surface area contributed by atoms with Crippen molar-refractivity contribution < 1.29 is 4.79 Å². The molecule has 1 fully saturated rings. The first-order valence-electron chi connectivity index (χ1n) is 6.06. The smallest absolute Gasteiger partial charge is 0.164 e. The Hall–Kier alpha value is -1.37. The Labute approximate surface area is 112 Å². The van der Waals surface area contributed by atoms with E-state index in [1.54, 1.807) is 6.07 Å². The van der Waals surface area contributed by atoms with Crippen LogP contribution in [0.1, 0.15) is 24.0 Å². The molecule has 4 heteroatoms. The molecule has 3 nitrogen and oxygen atoms in total. The molecule has 0 N–H and O–H groups in total. The maximum atomic E-state index is 11.7. The number of alkyl halides is 1. The number of benzene rings is 1. The van der Waals surface area contributed by atoms with E-state index in [4.69, 9.17) is 16.9 Å². The summed E-state index contributed by atoms with van der Waals surface area (Å²) in [5.41, 5.74) is 1.73. The summed E-state index contributed by atoms with van der Waals surface area (Å²) in [6.07, 6.45) is 1.93. The predicted octanol–water partition coefficient (Wildman–Crippen LogP) is 2.33. The maximum Gasteiger partial charge on any atom is 0.164 e. The first kappa shape index (κ1) is 13.1. The number of halogens is 1. The van der Waals surface area contributed by atoms with Crippen LogP contribution < -0.4 is 0 Å². The quantitative estimate of drug-likeness (QED) is 0.783. The minimum absolute atomic E-state index is 0.0479. The average molecular weight is 263 g/mol. The molecule has 0 amide bonds. The van der Waals surface area contributed by atoms with Crippen LogP contribution in [-0.4, -0.2) is 29.1 Å². The summed E-state index contributed by atoms with van der Waals surface area (Å²) in [5, 5.41) is 8.87. The molecule has 1 aliphatic heterocycles. The van der Waals surface area contributed by atoms with Gasteiger partial charge in [0, 0.05) is 6.54 Å². The van der Waals surface area contributed by atoms with Crippen molar-refractivity contribution in [2.45, 2.75) is 25.4 Å². The summed E-state index contributed by atoms with van der Waals surface area (Å²) in [6, 6.07) is 9.61. The lowest BCUT2D eigenvalue weighted by atomic mass is 10.1. The lowest BCUT2D eigenvalue weighted by molar-refractivity contribution is -0.121. The highest BCUT2D eigenvalue weighted by atomic mass is 35.5. The van der Waals surface area contributed by atoms with Gasteiger partial charge in [0.2, 0.25) is 0 Å². The maximum absolute atomic E-state index is 11.7. The molecule has 94 valence electrons. The van der Waals surface area contributed by atoms with E-state index in [0.717, 1.165) is 24.9 Å². The van der Waals surface area contributed by atoms with Crippen LogP contribution in [0.5, 0.6) is 0 Å². The molecule has 0 aliphatic carbocycles. The molecular formula is C14H15ClN2O. The largest absolute Gasteiger partial charge is 0.297 e. The van der Waals surface area contributed by atoms with Crippen LogP contribution in [0, 0.1) is 11.3 Å². The second-order valence-electron chi connectivity index (χ2n) is 4.54. The van der Waals surface area contributed by atoms with Crippen LogP contribution in [0.15, 0.2) is 24.3 Å². The van der Waals surface area contributed by atoms with Crippen molar-refractivity contribution >= 4 is 17.4 Å². The number of likely N-dealkylation sites (tertiary alicyclic amines) is 1. The molecule has 1 aromatic carbocycles. The molecule has 2 rings (SSSR count). The number of rotatable bonds is 4.